The van der Waals surface area contributed by atoms with Crippen molar-refractivity contribution in [3.05, 3.63) is 29.8 Å². The van der Waals surface area contributed by atoms with Crippen molar-refractivity contribution in [1.82, 2.24) is 4.90 Å². The summed E-state index contributed by atoms with van der Waals surface area (Å²) in [6.45, 7) is 5.62. The Morgan fingerprint density at radius 3 is 2.54 bits per heavy atom. The van der Waals surface area contributed by atoms with Crippen LogP contribution in [0, 0.1) is 17.8 Å². The van der Waals surface area contributed by atoms with Crippen molar-refractivity contribution in [2.24, 2.45) is 23.5 Å². The molecule has 1 aromatic carbocycles. The number of hydrogen-bond donors (Lipinski definition) is 2. The van der Waals surface area contributed by atoms with Gasteiger partial charge in [0.05, 0.1) is 0 Å². The van der Waals surface area contributed by atoms with Crippen molar-refractivity contribution in [2.45, 2.75) is 39.2 Å². The first-order chi connectivity index (χ1) is 11.5. The van der Waals surface area contributed by atoms with Crippen molar-refractivity contribution < 1.29 is 9.59 Å². The van der Waals surface area contributed by atoms with Gasteiger partial charge in [0.15, 0.2) is 0 Å². The lowest BCUT2D eigenvalue weighted by Gasteiger charge is -2.33. The zero-order valence-electron chi connectivity index (χ0n) is 14.5. The van der Waals surface area contributed by atoms with Crippen LogP contribution < -0.4 is 11.1 Å². The van der Waals surface area contributed by atoms with Crippen molar-refractivity contribution in [2.75, 3.05) is 18.4 Å². The summed E-state index contributed by atoms with van der Waals surface area (Å²) in [6.07, 6.45) is 2.87. The van der Waals surface area contributed by atoms with Crippen LogP contribution in [0.4, 0.5) is 5.69 Å². The third-order valence-corrected chi connectivity index (χ3v) is 5.39. The zero-order chi connectivity index (χ0) is 17.3. The van der Waals surface area contributed by atoms with Gasteiger partial charge >= 0.3 is 0 Å². The van der Waals surface area contributed by atoms with Gasteiger partial charge in [0.1, 0.15) is 0 Å². The Kier molecular flexibility index (Phi) is 4.90. The van der Waals surface area contributed by atoms with Crippen LogP contribution in [0.5, 0.6) is 0 Å². The highest BCUT2D eigenvalue weighted by Gasteiger charge is 2.39. The van der Waals surface area contributed by atoms with E-state index in [1.54, 1.807) is 6.07 Å². The molecular formula is C19H27N3O2. The number of benzene rings is 1. The second-order valence-corrected chi connectivity index (χ2v) is 7.38. The van der Waals surface area contributed by atoms with Gasteiger partial charge in [-0.05, 0) is 56.2 Å². The first kappa shape index (κ1) is 17.0. The van der Waals surface area contributed by atoms with E-state index in [0.717, 1.165) is 32.4 Å². The van der Waals surface area contributed by atoms with Crippen LogP contribution in [0.25, 0.3) is 0 Å². The Morgan fingerprint density at radius 2 is 1.96 bits per heavy atom. The number of carbonyl (C=O) groups excluding carboxylic acids is 2. The maximum Gasteiger partial charge on any atom is 0.253 e. The summed E-state index contributed by atoms with van der Waals surface area (Å²) in [5.41, 5.74) is 7.30. The summed E-state index contributed by atoms with van der Waals surface area (Å²) in [5, 5.41) is 2.93. The van der Waals surface area contributed by atoms with Crippen LogP contribution in [0.3, 0.4) is 0 Å². The molecule has 130 valence electrons. The molecule has 1 aliphatic carbocycles. The molecule has 1 saturated carbocycles. The van der Waals surface area contributed by atoms with Crippen molar-refractivity contribution >= 4 is 17.5 Å². The average Bonchev–Trinajstić information content (AvgIpc) is 3.31. The monoisotopic (exact) mass is 329 g/mol. The van der Waals surface area contributed by atoms with E-state index in [4.69, 9.17) is 5.73 Å². The zero-order valence-corrected chi connectivity index (χ0v) is 14.5. The lowest BCUT2D eigenvalue weighted by atomic mass is 9.90. The van der Waals surface area contributed by atoms with Gasteiger partial charge < -0.3 is 16.0 Å². The molecule has 0 radical (unpaired) electrons. The number of amides is 2. The van der Waals surface area contributed by atoms with E-state index >= 15 is 0 Å². The van der Waals surface area contributed by atoms with Gasteiger partial charge in [-0.1, -0.05) is 13.0 Å². The van der Waals surface area contributed by atoms with Crippen molar-refractivity contribution in [3.63, 3.8) is 0 Å². The number of hydrogen-bond acceptors (Lipinski definition) is 3. The van der Waals surface area contributed by atoms with Gasteiger partial charge in [0.2, 0.25) is 5.91 Å². The van der Waals surface area contributed by atoms with E-state index in [-0.39, 0.29) is 23.8 Å². The largest absolute Gasteiger partial charge is 0.339 e. The van der Waals surface area contributed by atoms with Crippen LogP contribution >= 0.6 is 0 Å². The molecule has 3 N–H and O–H groups in total. The number of nitrogens with one attached hydrogen (secondary N) is 1. The number of likely N-dealkylation sites (tertiary alicyclic amines) is 1. The maximum atomic E-state index is 12.7. The first-order valence-corrected chi connectivity index (χ1v) is 8.91. The Bertz CT molecular complexity index is 621. The van der Waals surface area contributed by atoms with Gasteiger partial charge in [-0.3, -0.25) is 9.59 Å². The Balaban J connectivity index is 1.61. The third kappa shape index (κ3) is 3.78. The highest BCUT2D eigenvalue weighted by atomic mass is 16.2. The summed E-state index contributed by atoms with van der Waals surface area (Å²) in [4.78, 5) is 26.6. The Labute approximate surface area is 143 Å². The predicted molar refractivity (Wildman–Crippen MR) is 94.6 cm³/mol. The summed E-state index contributed by atoms with van der Waals surface area (Å²) >= 11 is 0. The van der Waals surface area contributed by atoms with Crippen LogP contribution in [0.1, 0.15) is 43.5 Å². The van der Waals surface area contributed by atoms with Crippen LogP contribution in [0.2, 0.25) is 0 Å². The molecule has 1 aromatic rings. The van der Waals surface area contributed by atoms with Gasteiger partial charge in [0.25, 0.3) is 5.91 Å². The van der Waals surface area contributed by atoms with E-state index in [0.29, 0.717) is 23.1 Å². The molecule has 2 aliphatic rings. The number of piperidine rings is 1. The molecule has 0 spiro atoms. The maximum absolute atomic E-state index is 12.7. The number of anilines is 1. The summed E-state index contributed by atoms with van der Waals surface area (Å²) in [6, 6.07) is 7.45. The van der Waals surface area contributed by atoms with Gasteiger partial charge in [-0.2, -0.15) is 0 Å². The fourth-order valence-electron chi connectivity index (χ4n) is 3.46. The Morgan fingerprint density at radius 1 is 1.29 bits per heavy atom. The number of rotatable bonds is 4. The smallest absolute Gasteiger partial charge is 0.253 e. The minimum absolute atomic E-state index is 0.0361. The molecule has 3 rings (SSSR count). The number of nitrogens with two attached hydrogens (primary N) is 1. The lowest BCUT2D eigenvalue weighted by molar-refractivity contribution is -0.117. The molecule has 0 bridgehead atoms. The molecular weight excluding hydrogens is 302 g/mol. The molecule has 1 aliphatic heterocycles. The van der Waals surface area contributed by atoms with Crippen LogP contribution in [-0.2, 0) is 4.79 Å². The van der Waals surface area contributed by atoms with E-state index < -0.39 is 0 Å². The highest BCUT2D eigenvalue weighted by Crippen LogP contribution is 2.38. The van der Waals surface area contributed by atoms with E-state index in [1.165, 1.54) is 0 Å². The van der Waals surface area contributed by atoms with Crippen molar-refractivity contribution in [1.29, 1.82) is 0 Å². The predicted octanol–water partition coefficient (Wildman–Crippen LogP) is 2.48. The van der Waals surface area contributed by atoms with E-state index in [9.17, 15) is 9.59 Å². The normalized spacial score (nSPS) is 25.2. The van der Waals surface area contributed by atoms with E-state index in [1.807, 2.05) is 30.0 Å². The molecule has 3 unspecified atom stereocenters. The van der Waals surface area contributed by atoms with Gasteiger partial charge in [-0.15, -0.1) is 0 Å². The molecule has 0 aromatic heterocycles. The molecule has 1 heterocycles. The quantitative estimate of drug-likeness (QED) is 0.891. The fourth-order valence-corrected chi connectivity index (χ4v) is 3.46. The third-order valence-electron chi connectivity index (χ3n) is 5.39. The summed E-state index contributed by atoms with van der Waals surface area (Å²) in [5.74, 6) is 1.20. The van der Waals surface area contributed by atoms with Gasteiger partial charge in [-0.25, -0.2) is 0 Å². The van der Waals surface area contributed by atoms with E-state index in [2.05, 4.69) is 12.2 Å². The topological polar surface area (TPSA) is 75.4 Å². The molecule has 5 nitrogen and oxygen atoms in total. The SMILES string of the molecule is CC(N)C1CCN(C(=O)c2cccc(NC(=O)C3CC3C)c2)CC1. The minimum atomic E-state index is 0.0361. The lowest BCUT2D eigenvalue weighted by Crippen LogP contribution is -2.42. The molecule has 1 saturated heterocycles. The number of nitrogens with zero attached hydrogens (tertiary/aromatic N) is 1. The van der Waals surface area contributed by atoms with Crippen molar-refractivity contribution in [3.8, 4) is 0 Å². The number of carbonyl (C=O) groups is 2. The second-order valence-electron chi connectivity index (χ2n) is 7.38. The minimum Gasteiger partial charge on any atom is -0.339 e. The first-order valence-electron chi connectivity index (χ1n) is 8.91. The summed E-state index contributed by atoms with van der Waals surface area (Å²) in [7, 11) is 0. The fraction of sp³-hybridized carbons (Fsp3) is 0.579. The van der Waals surface area contributed by atoms with Crippen LogP contribution in [0.15, 0.2) is 24.3 Å². The molecule has 24 heavy (non-hydrogen) atoms. The van der Waals surface area contributed by atoms with Crippen LogP contribution in [-0.4, -0.2) is 35.8 Å². The average molecular weight is 329 g/mol. The second kappa shape index (κ2) is 6.93. The highest BCUT2D eigenvalue weighted by molar-refractivity contribution is 5.98. The molecule has 5 heteroatoms. The molecule has 2 amide bonds. The Hall–Kier alpha value is -1.88. The van der Waals surface area contributed by atoms with Gasteiger partial charge in [0, 0.05) is 36.3 Å². The summed E-state index contributed by atoms with van der Waals surface area (Å²) < 4.78 is 0. The standard InChI is InChI=1S/C19H27N3O2/c1-12-10-17(12)18(23)21-16-5-3-4-15(11-16)19(24)22-8-6-14(7-9-22)13(2)20/h3-5,11-14,17H,6-10,20H2,1-2H3,(H,21,23). The molecule has 3 atom stereocenters. The molecule has 2 fully saturated rings.